The Labute approximate surface area is 119 Å². The van der Waals surface area contributed by atoms with E-state index in [0.29, 0.717) is 6.61 Å². The number of rotatable bonds is 7. The molecule has 0 spiro atoms. The summed E-state index contributed by atoms with van der Waals surface area (Å²) >= 11 is 0. The summed E-state index contributed by atoms with van der Waals surface area (Å²) in [6.45, 7) is 2.35. The molecule has 2 nitrogen and oxygen atoms in total. The molecule has 0 saturated carbocycles. The maximum Gasteiger partial charge on any atom is 0.123 e. The number of hydrogen-bond acceptors (Lipinski definition) is 2. The van der Waals surface area contributed by atoms with E-state index in [1.54, 1.807) is 7.11 Å². The van der Waals surface area contributed by atoms with E-state index in [2.05, 4.69) is 23.5 Å². The zero-order valence-corrected chi connectivity index (χ0v) is 11.7. The Kier molecular flexibility index (Phi) is 5.71. The van der Waals surface area contributed by atoms with Crippen molar-refractivity contribution >= 4 is 0 Å². The fourth-order valence-electron chi connectivity index (χ4n) is 2.11. The van der Waals surface area contributed by atoms with E-state index < -0.39 is 0 Å². The van der Waals surface area contributed by atoms with Crippen LogP contribution in [0.15, 0.2) is 48.5 Å². The van der Waals surface area contributed by atoms with Crippen LogP contribution in [0, 0.1) is 5.82 Å². The summed E-state index contributed by atoms with van der Waals surface area (Å²) in [7, 11) is 1.70. The van der Waals surface area contributed by atoms with Crippen LogP contribution in [0.1, 0.15) is 16.7 Å². The summed E-state index contributed by atoms with van der Waals surface area (Å²) in [5, 5.41) is 3.40. The van der Waals surface area contributed by atoms with Gasteiger partial charge in [-0.1, -0.05) is 36.4 Å². The highest BCUT2D eigenvalue weighted by Crippen LogP contribution is 2.07. The number of nitrogens with one attached hydrogen (secondary N) is 1. The first-order valence-corrected chi connectivity index (χ1v) is 6.80. The minimum Gasteiger partial charge on any atom is -0.380 e. The van der Waals surface area contributed by atoms with Gasteiger partial charge in [-0.25, -0.2) is 4.39 Å². The van der Waals surface area contributed by atoms with Crippen LogP contribution in [-0.2, 0) is 24.3 Å². The molecular weight excluding hydrogens is 253 g/mol. The lowest BCUT2D eigenvalue weighted by molar-refractivity contribution is 0.185. The minimum absolute atomic E-state index is 0.184. The number of hydrogen-bond donors (Lipinski definition) is 1. The van der Waals surface area contributed by atoms with Crippen molar-refractivity contribution in [2.45, 2.75) is 19.6 Å². The molecule has 106 valence electrons. The van der Waals surface area contributed by atoms with Gasteiger partial charge in [0.1, 0.15) is 5.82 Å². The van der Waals surface area contributed by atoms with Crippen LogP contribution in [0.25, 0.3) is 0 Å². The van der Waals surface area contributed by atoms with Crippen molar-refractivity contribution in [3.8, 4) is 0 Å². The maximum absolute atomic E-state index is 12.8. The van der Waals surface area contributed by atoms with Gasteiger partial charge in [0.05, 0.1) is 6.61 Å². The highest BCUT2D eigenvalue weighted by atomic mass is 19.1. The van der Waals surface area contributed by atoms with Crippen molar-refractivity contribution in [1.82, 2.24) is 5.32 Å². The monoisotopic (exact) mass is 273 g/mol. The van der Waals surface area contributed by atoms with Crippen molar-refractivity contribution in [1.29, 1.82) is 0 Å². The highest BCUT2D eigenvalue weighted by Gasteiger charge is 1.97. The first-order chi connectivity index (χ1) is 9.78. The number of benzene rings is 2. The van der Waals surface area contributed by atoms with Crippen LogP contribution in [0.4, 0.5) is 4.39 Å². The molecule has 0 radical (unpaired) electrons. The molecule has 2 rings (SSSR count). The fraction of sp³-hybridized carbons (Fsp3) is 0.294. The topological polar surface area (TPSA) is 21.3 Å². The zero-order chi connectivity index (χ0) is 14.2. The number of methoxy groups -OCH3 is 1. The average Bonchev–Trinajstić information content (AvgIpc) is 2.46. The molecule has 0 atom stereocenters. The van der Waals surface area contributed by atoms with Crippen LogP contribution >= 0.6 is 0 Å². The number of ether oxygens (including phenoxy) is 1. The summed E-state index contributed by atoms with van der Waals surface area (Å²) < 4.78 is 17.9. The van der Waals surface area contributed by atoms with Gasteiger partial charge in [0.15, 0.2) is 0 Å². The highest BCUT2D eigenvalue weighted by molar-refractivity contribution is 5.23. The Balaban J connectivity index is 1.75. The van der Waals surface area contributed by atoms with Gasteiger partial charge < -0.3 is 10.1 Å². The summed E-state index contributed by atoms with van der Waals surface area (Å²) in [6.07, 6.45) is 0.901. The van der Waals surface area contributed by atoms with E-state index in [-0.39, 0.29) is 5.82 Å². The Bertz CT molecular complexity index is 525. The zero-order valence-electron chi connectivity index (χ0n) is 11.7. The van der Waals surface area contributed by atoms with Crippen LogP contribution < -0.4 is 5.32 Å². The molecule has 0 bridgehead atoms. The lowest BCUT2D eigenvalue weighted by Crippen LogP contribution is -2.16. The van der Waals surface area contributed by atoms with E-state index in [0.717, 1.165) is 25.1 Å². The average molecular weight is 273 g/mol. The molecule has 1 N–H and O–H groups in total. The first kappa shape index (κ1) is 14.7. The van der Waals surface area contributed by atoms with Crippen LogP contribution in [0.3, 0.4) is 0 Å². The third-order valence-corrected chi connectivity index (χ3v) is 3.14. The van der Waals surface area contributed by atoms with Crippen molar-refractivity contribution < 1.29 is 9.13 Å². The van der Waals surface area contributed by atoms with Gasteiger partial charge in [-0.3, -0.25) is 0 Å². The van der Waals surface area contributed by atoms with Gasteiger partial charge in [-0.15, -0.1) is 0 Å². The van der Waals surface area contributed by atoms with E-state index in [1.165, 1.54) is 23.3 Å². The maximum atomic E-state index is 12.8. The second-order valence-electron chi connectivity index (χ2n) is 4.81. The molecule has 3 heteroatoms. The molecule has 2 aromatic rings. The van der Waals surface area contributed by atoms with E-state index in [9.17, 15) is 4.39 Å². The summed E-state index contributed by atoms with van der Waals surface area (Å²) in [5.74, 6) is -0.184. The number of halogens is 1. The van der Waals surface area contributed by atoms with E-state index in [4.69, 9.17) is 4.74 Å². The predicted octanol–water partition coefficient (Wildman–Crippen LogP) is 3.30. The Hall–Kier alpha value is -1.71. The van der Waals surface area contributed by atoms with Gasteiger partial charge in [0.2, 0.25) is 0 Å². The molecule has 0 amide bonds. The molecule has 0 unspecified atom stereocenters. The minimum atomic E-state index is -0.184. The molecule has 0 aliphatic carbocycles. The lowest BCUT2D eigenvalue weighted by Gasteiger charge is -2.07. The van der Waals surface area contributed by atoms with E-state index in [1.807, 2.05) is 18.2 Å². The van der Waals surface area contributed by atoms with Gasteiger partial charge >= 0.3 is 0 Å². The second-order valence-corrected chi connectivity index (χ2v) is 4.81. The Morgan fingerprint density at radius 3 is 2.50 bits per heavy atom. The van der Waals surface area contributed by atoms with Gasteiger partial charge in [0.25, 0.3) is 0 Å². The smallest absolute Gasteiger partial charge is 0.123 e. The second kappa shape index (κ2) is 7.78. The summed E-state index contributed by atoms with van der Waals surface area (Å²) in [6, 6.07) is 15.0. The SMILES string of the molecule is COCc1cccc(CNCCc2ccc(F)cc2)c1. The predicted molar refractivity (Wildman–Crippen MR) is 79.0 cm³/mol. The molecule has 2 aromatic carbocycles. The molecule has 0 saturated heterocycles. The van der Waals surface area contributed by atoms with Crippen molar-refractivity contribution in [3.05, 3.63) is 71.0 Å². The largest absolute Gasteiger partial charge is 0.380 e. The molecule has 0 aliphatic heterocycles. The van der Waals surface area contributed by atoms with Crippen molar-refractivity contribution in [2.75, 3.05) is 13.7 Å². The van der Waals surface area contributed by atoms with Crippen LogP contribution in [0.5, 0.6) is 0 Å². The van der Waals surface area contributed by atoms with Gasteiger partial charge in [0, 0.05) is 13.7 Å². The van der Waals surface area contributed by atoms with Crippen molar-refractivity contribution in [2.24, 2.45) is 0 Å². The Morgan fingerprint density at radius 2 is 1.75 bits per heavy atom. The quantitative estimate of drug-likeness (QED) is 0.782. The fourth-order valence-corrected chi connectivity index (χ4v) is 2.11. The molecule has 0 fully saturated rings. The molecule has 0 aromatic heterocycles. The molecule has 20 heavy (non-hydrogen) atoms. The molecule has 0 heterocycles. The van der Waals surface area contributed by atoms with Crippen LogP contribution in [-0.4, -0.2) is 13.7 Å². The summed E-state index contributed by atoms with van der Waals surface area (Å²) in [4.78, 5) is 0. The third kappa shape index (κ3) is 4.76. The normalized spacial score (nSPS) is 10.7. The van der Waals surface area contributed by atoms with E-state index >= 15 is 0 Å². The van der Waals surface area contributed by atoms with Gasteiger partial charge in [-0.05, 0) is 41.8 Å². The van der Waals surface area contributed by atoms with Gasteiger partial charge in [-0.2, -0.15) is 0 Å². The molecule has 0 aliphatic rings. The molecular formula is C17H20FNO. The lowest BCUT2D eigenvalue weighted by atomic mass is 10.1. The summed E-state index contributed by atoms with van der Waals surface area (Å²) in [5.41, 5.74) is 3.58. The van der Waals surface area contributed by atoms with Crippen LogP contribution in [0.2, 0.25) is 0 Å². The first-order valence-electron chi connectivity index (χ1n) is 6.80. The Morgan fingerprint density at radius 1 is 1.00 bits per heavy atom. The standard InChI is InChI=1S/C17H20FNO/c1-20-13-16-4-2-3-15(11-16)12-19-10-9-14-5-7-17(18)8-6-14/h2-8,11,19H,9-10,12-13H2,1H3. The van der Waals surface area contributed by atoms with Crippen molar-refractivity contribution in [3.63, 3.8) is 0 Å². The third-order valence-electron chi connectivity index (χ3n) is 3.14.